The summed E-state index contributed by atoms with van der Waals surface area (Å²) in [6, 6.07) is 6.43. The Morgan fingerprint density at radius 1 is 1.09 bits per heavy atom. The quantitative estimate of drug-likeness (QED) is 0.855. The summed E-state index contributed by atoms with van der Waals surface area (Å²) in [4.78, 5) is 12.6. The summed E-state index contributed by atoms with van der Waals surface area (Å²) < 4.78 is 5.97. The van der Waals surface area contributed by atoms with Crippen molar-refractivity contribution in [2.75, 3.05) is 0 Å². The summed E-state index contributed by atoms with van der Waals surface area (Å²) in [5, 5.41) is 3.22. The number of benzene rings is 1. The molecule has 1 aliphatic carbocycles. The number of amides is 1. The second kappa shape index (κ2) is 8.95. The standard InChI is InChI=1S/C20H31NO2/c1-4-19(23-18-13-15(2)12-16(3)14-18)20(22)21-17-10-8-6-5-7-9-11-17/h12-14,17,19H,4-11H2,1-3H3,(H,21,22)/t19-/m0/s1. The number of aryl methyl sites for hydroxylation is 2. The SMILES string of the molecule is CC[C@H](Oc1cc(C)cc(C)c1)C(=O)NC1CCCCCCC1. The van der Waals surface area contributed by atoms with Crippen LogP contribution in [0.2, 0.25) is 0 Å². The third kappa shape index (κ3) is 5.89. The van der Waals surface area contributed by atoms with Crippen molar-refractivity contribution in [3.8, 4) is 5.75 Å². The molecule has 0 unspecified atom stereocenters. The van der Waals surface area contributed by atoms with Gasteiger partial charge in [0.15, 0.2) is 6.10 Å². The molecule has 0 bridgehead atoms. The van der Waals surface area contributed by atoms with Crippen LogP contribution >= 0.6 is 0 Å². The molecule has 3 heteroatoms. The van der Waals surface area contributed by atoms with E-state index in [9.17, 15) is 4.79 Å². The Labute approximate surface area is 140 Å². The summed E-state index contributed by atoms with van der Waals surface area (Å²) in [6.07, 6.45) is 8.86. The Morgan fingerprint density at radius 3 is 2.22 bits per heavy atom. The normalized spacial score (nSPS) is 17.9. The van der Waals surface area contributed by atoms with E-state index in [1.807, 2.05) is 19.1 Å². The molecule has 1 N–H and O–H groups in total. The first-order chi connectivity index (χ1) is 11.1. The van der Waals surface area contributed by atoms with Crippen molar-refractivity contribution < 1.29 is 9.53 Å². The zero-order chi connectivity index (χ0) is 16.7. The molecule has 0 aliphatic heterocycles. The highest BCUT2D eigenvalue weighted by atomic mass is 16.5. The van der Waals surface area contributed by atoms with Crippen molar-refractivity contribution in [1.82, 2.24) is 5.32 Å². The number of rotatable bonds is 5. The molecule has 0 spiro atoms. The van der Waals surface area contributed by atoms with Crippen LogP contribution in [-0.4, -0.2) is 18.1 Å². The lowest BCUT2D eigenvalue weighted by atomic mass is 9.96. The highest BCUT2D eigenvalue weighted by Gasteiger charge is 2.22. The molecule has 1 aliphatic rings. The first-order valence-corrected chi connectivity index (χ1v) is 9.14. The van der Waals surface area contributed by atoms with Crippen molar-refractivity contribution in [2.24, 2.45) is 0 Å². The molecule has 0 heterocycles. The lowest BCUT2D eigenvalue weighted by Crippen LogP contribution is -2.43. The van der Waals surface area contributed by atoms with Gasteiger partial charge in [-0.2, -0.15) is 0 Å². The molecule has 23 heavy (non-hydrogen) atoms. The van der Waals surface area contributed by atoms with Gasteiger partial charge in [-0.25, -0.2) is 0 Å². The predicted molar refractivity (Wildman–Crippen MR) is 94.9 cm³/mol. The van der Waals surface area contributed by atoms with E-state index in [0.29, 0.717) is 12.5 Å². The second-order valence-electron chi connectivity index (χ2n) is 6.89. The molecule has 2 rings (SSSR count). The molecule has 0 radical (unpaired) electrons. The molecular weight excluding hydrogens is 286 g/mol. The van der Waals surface area contributed by atoms with Crippen molar-refractivity contribution in [2.45, 2.75) is 84.3 Å². The molecule has 1 fully saturated rings. The summed E-state index contributed by atoms with van der Waals surface area (Å²) in [7, 11) is 0. The van der Waals surface area contributed by atoms with Gasteiger partial charge in [0.05, 0.1) is 0 Å². The lowest BCUT2D eigenvalue weighted by molar-refractivity contribution is -0.129. The number of carbonyl (C=O) groups excluding carboxylic acids is 1. The minimum atomic E-state index is -0.401. The number of hydrogen-bond acceptors (Lipinski definition) is 2. The fourth-order valence-electron chi connectivity index (χ4n) is 3.38. The summed E-state index contributed by atoms with van der Waals surface area (Å²) >= 11 is 0. The smallest absolute Gasteiger partial charge is 0.261 e. The van der Waals surface area contributed by atoms with Gasteiger partial charge in [-0.05, 0) is 56.4 Å². The van der Waals surface area contributed by atoms with Gasteiger partial charge in [0.1, 0.15) is 5.75 Å². The molecule has 0 saturated heterocycles. The maximum Gasteiger partial charge on any atom is 0.261 e. The second-order valence-corrected chi connectivity index (χ2v) is 6.89. The first-order valence-electron chi connectivity index (χ1n) is 9.14. The predicted octanol–water partition coefficient (Wildman–Crippen LogP) is 4.69. The van der Waals surface area contributed by atoms with Gasteiger partial charge in [0.2, 0.25) is 0 Å². The van der Waals surface area contributed by atoms with Gasteiger partial charge in [-0.15, -0.1) is 0 Å². The van der Waals surface area contributed by atoms with Crippen molar-refractivity contribution in [3.05, 3.63) is 29.3 Å². The van der Waals surface area contributed by atoms with E-state index >= 15 is 0 Å². The molecule has 0 aromatic heterocycles. The van der Waals surface area contributed by atoms with Crippen LogP contribution < -0.4 is 10.1 Å². The maximum absolute atomic E-state index is 12.6. The van der Waals surface area contributed by atoms with E-state index in [4.69, 9.17) is 4.74 Å². The summed E-state index contributed by atoms with van der Waals surface area (Å²) in [6.45, 7) is 6.11. The minimum absolute atomic E-state index is 0.0391. The highest BCUT2D eigenvalue weighted by molar-refractivity contribution is 5.81. The zero-order valence-electron chi connectivity index (χ0n) is 14.9. The molecule has 128 valence electrons. The van der Waals surface area contributed by atoms with Gasteiger partial charge < -0.3 is 10.1 Å². The molecule has 1 aromatic rings. The van der Waals surface area contributed by atoms with Gasteiger partial charge in [0, 0.05) is 6.04 Å². The average molecular weight is 317 g/mol. The number of carbonyl (C=O) groups is 1. The van der Waals surface area contributed by atoms with E-state index in [1.54, 1.807) is 0 Å². The zero-order valence-corrected chi connectivity index (χ0v) is 14.9. The van der Waals surface area contributed by atoms with E-state index < -0.39 is 6.10 Å². The van der Waals surface area contributed by atoms with Gasteiger partial charge in [0.25, 0.3) is 5.91 Å². The number of hydrogen-bond donors (Lipinski definition) is 1. The molecular formula is C20H31NO2. The first kappa shape index (κ1) is 17.8. The molecule has 1 aromatic carbocycles. The fraction of sp³-hybridized carbons (Fsp3) is 0.650. The average Bonchev–Trinajstić information content (AvgIpc) is 2.46. The van der Waals surface area contributed by atoms with E-state index in [-0.39, 0.29) is 5.91 Å². The van der Waals surface area contributed by atoms with E-state index in [2.05, 4.69) is 25.2 Å². The molecule has 1 saturated carbocycles. The largest absolute Gasteiger partial charge is 0.481 e. The topological polar surface area (TPSA) is 38.3 Å². The Bertz CT molecular complexity index is 484. The van der Waals surface area contributed by atoms with Crippen molar-refractivity contribution in [1.29, 1.82) is 0 Å². The third-order valence-electron chi connectivity index (χ3n) is 4.59. The third-order valence-corrected chi connectivity index (χ3v) is 4.59. The van der Waals surface area contributed by atoms with Crippen molar-refractivity contribution >= 4 is 5.91 Å². The number of ether oxygens (including phenoxy) is 1. The Hall–Kier alpha value is -1.51. The van der Waals surface area contributed by atoms with Crippen LogP contribution in [-0.2, 0) is 4.79 Å². The van der Waals surface area contributed by atoms with Gasteiger partial charge in [-0.1, -0.05) is 45.1 Å². The van der Waals surface area contributed by atoms with Crippen LogP contribution in [0.15, 0.2) is 18.2 Å². The Balaban J connectivity index is 1.94. The summed E-state index contributed by atoms with van der Waals surface area (Å²) in [5.41, 5.74) is 2.32. The van der Waals surface area contributed by atoms with E-state index in [0.717, 1.165) is 29.7 Å². The lowest BCUT2D eigenvalue weighted by Gasteiger charge is -2.24. The van der Waals surface area contributed by atoms with E-state index in [1.165, 1.54) is 32.1 Å². The fourth-order valence-corrected chi connectivity index (χ4v) is 3.38. The Morgan fingerprint density at radius 2 is 1.65 bits per heavy atom. The molecule has 1 amide bonds. The molecule has 3 nitrogen and oxygen atoms in total. The van der Waals surface area contributed by atoms with Crippen LogP contribution in [0.4, 0.5) is 0 Å². The monoisotopic (exact) mass is 317 g/mol. The van der Waals surface area contributed by atoms with Gasteiger partial charge in [-0.3, -0.25) is 4.79 Å². The van der Waals surface area contributed by atoms with Crippen LogP contribution in [0, 0.1) is 13.8 Å². The number of nitrogens with one attached hydrogen (secondary N) is 1. The summed E-state index contributed by atoms with van der Waals surface area (Å²) in [5.74, 6) is 0.833. The van der Waals surface area contributed by atoms with Crippen LogP contribution in [0.3, 0.4) is 0 Å². The maximum atomic E-state index is 12.6. The van der Waals surface area contributed by atoms with Crippen molar-refractivity contribution in [3.63, 3.8) is 0 Å². The van der Waals surface area contributed by atoms with Crippen LogP contribution in [0.25, 0.3) is 0 Å². The highest BCUT2D eigenvalue weighted by Crippen LogP contribution is 2.20. The molecule has 1 atom stereocenters. The van der Waals surface area contributed by atoms with Crippen LogP contribution in [0.1, 0.15) is 69.4 Å². The van der Waals surface area contributed by atoms with Gasteiger partial charge >= 0.3 is 0 Å². The Kier molecular flexibility index (Phi) is 6.94. The minimum Gasteiger partial charge on any atom is -0.481 e. The van der Waals surface area contributed by atoms with Crippen LogP contribution in [0.5, 0.6) is 5.75 Å².